The van der Waals surface area contributed by atoms with Crippen molar-refractivity contribution in [2.75, 3.05) is 18.4 Å². The molecule has 0 atom stereocenters. The van der Waals surface area contributed by atoms with E-state index in [2.05, 4.69) is 26.2 Å². The normalized spacial score (nSPS) is 10.8. The van der Waals surface area contributed by atoms with Gasteiger partial charge in [-0.1, -0.05) is 45.7 Å². The summed E-state index contributed by atoms with van der Waals surface area (Å²) in [6.07, 6.45) is 1.88. The fraction of sp³-hybridized carbons (Fsp3) is 0.133. The molecule has 0 aliphatic heterocycles. The molecule has 0 aliphatic carbocycles. The van der Waals surface area contributed by atoms with E-state index >= 15 is 0 Å². The molecule has 2 aromatic rings. The summed E-state index contributed by atoms with van der Waals surface area (Å²) in [5.74, 6) is 0. The molecule has 0 fully saturated rings. The van der Waals surface area contributed by atoms with Gasteiger partial charge in [0.1, 0.15) is 0 Å². The Morgan fingerprint density at radius 2 is 1.95 bits per heavy atom. The number of rotatable bonds is 5. The summed E-state index contributed by atoms with van der Waals surface area (Å²) in [6.45, 7) is 1.51. The molecule has 1 N–H and O–H groups in total. The van der Waals surface area contributed by atoms with Crippen LogP contribution in [0.15, 0.2) is 58.0 Å². The van der Waals surface area contributed by atoms with Crippen LogP contribution in [0.1, 0.15) is 5.56 Å². The number of hydrogen-bond donors (Lipinski definition) is 1. The molecule has 0 saturated heterocycles. The lowest BCUT2D eigenvalue weighted by molar-refractivity contribution is 1.03. The molecule has 2 aromatic carbocycles. The van der Waals surface area contributed by atoms with Gasteiger partial charge in [0.05, 0.1) is 6.54 Å². The lowest BCUT2D eigenvalue weighted by atomic mass is 10.2. The second kappa shape index (κ2) is 7.31. The predicted molar refractivity (Wildman–Crippen MR) is 86.5 cm³/mol. The monoisotopic (exact) mass is 336 g/mol. The Morgan fingerprint density at radius 1 is 1.16 bits per heavy atom. The second-order valence-corrected chi connectivity index (χ2v) is 5.38. The third-order valence-corrected chi connectivity index (χ3v) is 3.27. The molecular formula is C15H14BrClN2. The topological polar surface area (TPSA) is 24.4 Å². The Kier molecular flexibility index (Phi) is 5.43. The number of nitrogens with zero attached hydrogens (tertiary/aromatic N) is 1. The first-order valence-electron chi connectivity index (χ1n) is 5.99. The van der Waals surface area contributed by atoms with Crippen molar-refractivity contribution in [3.05, 3.63) is 63.6 Å². The minimum Gasteiger partial charge on any atom is -0.383 e. The smallest absolute Gasteiger partial charge is 0.0562 e. The molecule has 0 aromatic heterocycles. The number of hydrogen-bond acceptors (Lipinski definition) is 2. The highest BCUT2D eigenvalue weighted by Gasteiger charge is 1.92. The summed E-state index contributed by atoms with van der Waals surface area (Å²) >= 11 is 9.31. The largest absolute Gasteiger partial charge is 0.383 e. The van der Waals surface area contributed by atoms with Crippen LogP contribution in [0.25, 0.3) is 0 Å². The molecule has 0 aliphatic rings. The van der Waals surface area contributed by atoms with Crippen LogP contribution in [0.2, 0.25) is 5.02 Å². The van der Waals surface area contributed by atoms with E-state index in [1.54, 1.807) is 0 Å². The van der Waals surface area contributed by atoms with E-state index in [1.807, 2.05) is 54.7 Å². The Hall–Kier alpha value is -1.32. The minimum atomic E-state index is 0.725. The first-order valence-corrected chi connectivity index (χ1v) is 7.16. The Bertz CT molecular complexity index is 552. The van der Waals surface area contributed by atoms with Crippen LogP contribution < -0.4 is 5.32 Å². The van der Waals surface area contributed by atoms with E-state index in [1.165, 1.54) is 0 Å². The van der Waals surface area contributed by atoms with Crippen LogP contribution in [0, 0.1) is 0 Å². The fourth-order valence-corrected chi connectivity index (χ4v) is 2.04. The van der Waals surface area contributed by atoms with Gasteiger partial charge in [-0.2, -0.15) is 0 Å². The highest BCUT2D eigenvalue weighted by Crippen LogP contribution is 2.14. The zero-order valence-corrected chi connectivity index (χ0v) is 12.7. The first-order chi connectivity index (χ1) is 9.24. The van der Waals surface area contributed by atoms with Crippen LogP contribution in [0.5, 0.6) is 0 Å². The average molecular weight is 338 g/mol. The van der Waals surface area contributed by atoms with Crippen molar-refractivity contribution < 1.29 is 0 Å². The summed E-state index contributed by atoms with van der Waals surface area (Å²) < 4.78 is 1.08. The lowest BCUT2D eigenvalue weighted by Crippen LogP contribution is -2.04. The molecule has 98 valence electrons. The molecule has 4 heteroatoms. The standard InChI is InChI=1S/C15H14BrClN2/c16-13-6-4-12(5-7-13)11-18-8-9-19-15-3-1-2-14(17)10-15/h1-7,10-11,19H,8-9H2. The van der Waals surface area contributed by atoms with E-state index in [9.17, 15) is 0 Å². The molecular weight excluding hydrogens is 324 g/mol. The first kappa shape index (κ1) is 14.1. The van der Waals surface area contributed by atoms with Gasteiger partial charge in [-0.25, -0.2) is 0 Å². The van der Waals surface area contributed by atoms with Crippen molar-refractivity contribution in [3.8, 4) is 0 Å². The van der Waals surface area contributed by atoms with E-state index in [0.717, 1.165) is 33.8 Å². The van der Waals surface area contributed by atoms with Gasteiger partial charge in [0, 0.05) is 27.9 Å². The minimum absolute atomic E-state index is 0.725. The highest BCUT2D eigenvalue weighted by molar-refractivity contribution is 9.10. The summed E-state index contributed by atoms with van der Waals surface area (Å²) in [6, 6.07) is 15.7. The van der Waals surface area contributed by atoms with Crippen LogP contribution in [-0.4, -0.2) is 19.3 Å². The highest BCUT2D eigenvalue weighted by atomic mass is 79.9. The second-order valence-electron chi connectivity index (χ2n) is 4.02. The zero-order chi connectivity index (χ0) is 13.5. The van der Waals surface area contributed by atoms with Gasteiger partial charge in [0.2, 0.25) is 0 Å². The number of aliphatic imine (C=N–C) groups is 1. The van der Waals surface area contributed by atoms with Crippen LogP contribution >= 0.6 is 27.5 Å². The van der Waals surface area contributed by atoms with Gasteiger partial charge in [0.15, 0.2) is 0 Å². The summed E-state index contributed by atoms with van der Waals surface area (Å²) in [4.78, 5) is 4.37. The SMILES string of the molecule is Clc1cccc(NCCN=Cc2ccc(Br)cc2)c1. The average Bonchev–Trinajstić information content (AvgIpc) is 2.41. The Morgan fingerprint density at radius 3 is 2.68 bits per heavy atom. The maximum atomic E-state index is 5.90. The molecule has 0 saturated carbocycles. The Labute approximate surface area is 126 Å². The number of halogens is 2. The third kappa shape index (κ3) is 5.05. The van der Waals surface area contributed by atoms with Crippen molar-refractivity contribution >= 4 is 39.4 Å². The maximum Gasteiger partial charge on any atom is 0.0562 e. The molecule has 2 nitrogen and oxygen atoms in total. The maximum absolute atomic E-state index is 5.90. The van der Waals surface area contributed by atoms with Crippen molar-refractivity contribution in [2.45, 2.75) is 0 Å². The van der Waals surface area contributed by atoms with Crippen LogP contribution in [0.3, 0.4) is 0 Å². The summed E-state index contributed by atoms with van der Waals surface area (Å²) in [5.41, 5.74) is 2.12. The lowest BCUT2D eigenvalue weighted by Gasteiger charge is -2.04. The molecule has 0 heterocycles. The van der Waals surface area contributed by atoms with Gasteiger partial charge in [-0.15, -0.1) is 0 Å². The van der Waals surface area contributed by atoms with Crippen molar-refractivity contribution in [3.63, 3.8) is 0 Å². The van der Waals surface area contributed by atoms with E-state index in [4.69, 9.17) is 11.6 Å². The zero-order valence-electron chi connectivity index (χ0n) is 10.3. The summed E-state index contributed by atoms with van der Waals surface area (Å²) in [5, 5.41) is 4.01. The predicted octanol–water partition coefficient (Wildman–Crippen LogP) is 4.63. The molecule has 19 heavy (non-hydrogen) atoms. The number of benzene rings is 2. The van der Waals surface area contributed by atoms with Gasteiger partial charge < -0.3 is 5.32 Å². The molecule has 2 rings (SSSR count). The van der Waals surface area contributed by atoms with E-state index in [-0.39, 0.29) is 0 Å². The molecule has 0 amide bonds. The molecule has 0 spiro atoms. The third-order valence-electron chi connectivity index (χ3n) is 2.51. The van der Waals surface area contributed by atoms with Gasteiger partial charge in [0.25, 0.3) is 0 Å². The molecule has 0 radical (unpaired) electrons. The number of anilines is 1. The van der Waals surface area contributed by atoms with Crippen molar-refractivity contribution in [1.82, 2.24) is 0 Å². The fourth-order valence-electron chi connectivity index (χ4n) is 1.58. The molecule has 0 unspecified atom stereocenters. The Balaban J connectivity index is 1.76. The van der Waals surface area contributed by atoms with Gasteiger partial charge in [-0.05, 0) is 35.9 Å². The van der Waals surface area contributed by atoms with Gasteiger partial charge in [-0.3, -0.25) is 4.99 Å². The van der Waals surface area contributed by atoms with Gasteiger partial charge >= 0.3 is 0 Å². The van der Waals surface area contributed by atoms with Crippen molar-refractivity contribution in [1.29, 1.82) is 0 Å². The molecule has 0 bridgehead atoms. The van der Waals surface area contributed by atoms with E-state index in [0.29, 0.717) is 0 Å². The quantitative estimate of drug-likeness (QED) is 0.624. The van der Waals surface area contributed by atoms with E-state index < -0.39 is 0 Å². The number of nitrogens with one attached hydrogen (secondary N) is 1. The van der Waals surface area contributed by atoms with Crippen LogP contribution in [0.4, 0.5) is 5.69 Å². The summed E-state index contributed by atoms with van der Waals surface area (Å²) in [7, 11) is 0. The van der Waals surface area contributed by atoms with Crippen molar-refractivity contribution in [2.24, 2.45) is 4.99 Å². The van der Waals surface area contributed by atoms with Crippen LogP contribution in [-0.2, 0) is 0 Å².